The van der Waals surface area contributed by atoms with Crippen LogP contribution in [0.5, 0.6) is 17.2 Å². The van der Waals surface area contributed by atoms with Crippen LogP contribution in [0, 0.1) is 0 Å². The molecule has 0 bridgehead atoms. The van der Waals surface area contributed by atoms with Crippen LogP contribution in [-0.4, -0.2) is 12.4 Å². The monoisotopic (exact) mass is 440 g/mol. The Kier molecular flexibility index (Phi) is 5.98. The average molecular weight is 441 g/mol. The minimum atomic E-state index is -0.183. The number of fused-ring (bicyclic) bond motifs is 1. The molecule has 1 heterocycles. The maximum atomic E-state index is 12.7. The van der Waals surface area contributed by atoms with Crippen molar-refractivity contribution in [2.24, 2.45) is 0 Å². The fraction of sp³-hybridized carbons (Fsp3) is 0.125. The first kappa shape index (κ1) is 20.3. The molecule has 3 aromatic carbocycles. The molecule has 0 N–H and O–H groups in total. The van der Waals surface area contributed by atoms with Gasteiger partial charge in [-0.25, -0.2) is 0 Å². The lowest BCUT2D eigenvalue weighted by molar-refractivity contribution is 0.101. The van der Waals surface area contributed by atoms with Crippen molar-refractivity contribution in [3.8, 4) is 17.2 Å². The first-order chi connectivity index (χ1) is 14.6. The third kappa shape index (κ3) is 4.16. The van der Waals surface area contributed by atoms with Gasteiger partial charge in [0.25, 0.3) is 0 Å². The molecule has 0 radical (unpaired) electrons. The molecule has 30 heavy (non-hydrogen) atoms. The van der Waals surface area contributed by atoms with E-state index in [1.54, 1.807) is 42.5 Å². The Balaban J connectivity index is 1.54. The van der Waals surface area contributed by atoms with Crippen molar-refractivity contribution in [2.45, 2.75) is 13.5 Å². The van der Waals surface area contributed by atoms with E-state index in [0.29, 0.717) is 45.0 Å². The molecule has 0 amide bonds. The van der Waals surface area contributed by atoms with Crippen LogP contribution in [-0.2, 0) is 6.61 Å². The van der Waals surface area contributed by atoms with Gasteiger partial charge in [0.15, 0.2) is 5.76 Å². The van der Waals surface area contributed by atoms with Gasteiger partial charge in [-0.05, 0) is 43.3 Å². The third-order valence-electron chi connectivity index (χ3n) is 4.59. The highest BCUT2D eigenvalue weighted by Crippen LogP contribution is 2.36. The molecule has 0 saturated heterocycles. The molecule has 0 atom stereocenters. The Morgan fingerprint density at radius 1 is 0.967 bits per heavy atom. The van der Waals surface area contributed by atoms with E-state index in [1.807, 2.05) is 31.2 Å². The molecule has 0 spiro atoms. The summed E-state index contributed by atoms with van der Waals surface area (Å²) >= 11 is 12.4. The van der Waals surface area contributed by atoms with Gasteiger partial charge in [-0.15, -0.1) is 0 Å². The van der Waals surface area contributed by atoms with Crippen LogP contribution in [0.1, 0.15) is 28.4 Å². The molecule has 4 rings (SSSR count). The number of carbonyl (C=O) groups is 1. The van der Waals surface area contributed by atoms with Gasteiger partial charge in [-0.2, -0.15) is 0 Å². The summed E-state index contributed by atoms with van der Waals surface area (Å²) < 4.78 is 17.3. The molecule has 0 fully saturated rings. The fourth-order valence-corrected chi connectivity index (χ4v) is 3.62. The van der Waals surface area contributed by atoms with E-state index in [-0.39, 0.29) is 18.1 Å². The van der Waals surface area contributed by atoms with E-state index in [4.69, 9.17) is 37.4 Å². The average Bonchev–Trinajstić information content (AvgIpc) is 3.04. The molecular formula is C24H18Cl2O4. The van der Waals surface area contributed by atoms with Gasteiger partial charge >= 0.3 is 0 Å². The van der Waals surface area contributed by atoms with Crippen molar-refractivity contribution in [3.63, 3.8) is 0 Å². The largest absolute Gasteiger partial charge is 0.493 e. The van der Waals surface area contributed by atoms with E-state index in [2.05, 4.69) is 0 Å². The molecule has 0 unspecified atom stereocenters. The third-order valence-corrected chi connectivity index (χ3v) is 5.30. The number of halogens is 2. The van der Waals surface area contributed by atoms with Crippen molar-refractivity contribution in [1.82, 2.24) is 0 Å². The molecular weight excluding hydrogens is 423 g/mol. The molecule has 0 saturated carbocycles. The van der Waals surface area contributed by atoms with Crippen LogP contribution in [0.3, 0.4) is 0 Å². The molecule has 0 aromatic heterocycles. The van der Waals surface area contributed by atoms with Gasteiger partial charge < -0.3 is 14.2 Å². The summed E-state index contributed by atoms with van der Waals surface area (Å²) in [6.07, 6.45) is 1.69. The zero-order chi connectivity index (χ0) is 21.1. The van der Waals surface area contributed by atoms with Gasteiger partial charge in [-0.3, -0.25) is 4.79 Å². The second kappa shape index (κ2) is 8.82. The van der Waals surface area contributed by atoms with Gasteiger partial charge in [0.1, 0.15) is 23.9 Å². The van der Waals surface area contributed by atoms with Crippen LogP contribution < -0.4 is 14.2 Å². The lowest BCUT2D eigenvalue weighted by atomic mass is 10.1. The van der Waals surface area contributed by atoms with Crippen molar-refractivity contribution < 1.29 is 19.0 Å². The summed E-state index contributed by atoms with van der Waals surface area (Å²) in [5.74, 6) is 1.75. The van der Waals surface area contributed by atoms with E-state index in [9.17, 15) is 4.79 Å². The number of ketones is 1. The Hall–Kier alpha value is -2.95. The van der Waals surface area contributed by atoms with Crippen LogP contribution in [0.2, 0.25) is 10.0 Å². The lowest BCUT2D eigenvalue weighted by Gasteiger charge is -2.10. The number of allylic oxidation sites excluding steroid dienone is 1. The summed E-state index contributed by atoms with van der Waals surface area (Å²) in [7, 11) is 0. The van der Waals surface area contributed by atoms with E-state index < -0.39 is 0 Å². The smallest absolute Gasteiger partial charge is 0.231 e. The second-order valence-electron chi connectivity index (χ2n) is 6.56. The molecule has 6 heteroatoms. The minimum Gasteiger partial charge on any atom is -0.493 e. The number of carbonyl (C=O) groups excluding carboxylic acids is 1. The van der Waals surface area contributed by atoms with Crippen molar-refractivity contribution in [2.75, 3.05) is 6.61 Å². The predicted molar refractivity (Wildman–Crippen MR) is 118 cm³/mol. The van der Waals surface area contributed by atoms with Crippen molar-refractivity contribution in [1.29, 1.82) is 0 Å². The number of para-hydroxylation sites is 1. The minimum absolute atomic E-state index is 0.183. The number of benzene rings is 3. The number of hydrogen-bond donors (Lipinski definition) is 0. The number of rotatable bonds is 6. The van der Waals surface area contributed by atoms with Gasteiger partial charge in [-0.1, -0.05) is 47.5 Å². The highest BCUT2D eigenvalue weighted by Gasteiger charge is 2.28. The summed E-state index contributed by atoms with van der Waals surface area (Å²) in [5, 5.41) is 1.07. The number of Topliss-reactive ketones (excluding diaryl/α,β-unsaturated/α-hetero) is 1. The zero-order valence-electron chi connectivity index (χ0n) is 16.2. The Labute approximate surface area is 184 Å². The predicted octanol–water partition coefficient (Wildman–Crippen LogP) is 6.59. The fourth-order valence-electron chi connectivity index (χ4n) is 3.11. The van der Waals surface area contributed by atoms with E-state index >= 15 is 0 Å². The zero-order valence-corrected chi connectivity index (χ0v) is 17.7. The summed E-state index contributed by atoms with van der Waals surface area (Å²) in [4.78, 5) is 12.7. The highest BCUT2D eigenvalue weighted by atomic mass is 35.5. The van der Waals surface area contributed by atoms with Gasteiger partial charge in [0, 0.05) is 27.2 Å². The highest BCUT2D eigenvalue weighted by molar-refractivity contribution is 6.35. The van der Waals surface area contributed by atoms with Crippen LogP contribution in [0.25, 0.3) is 6.08 Å². The Bertz CT molecular complexity index is 1120. The number of ether oxygens (including phenoxy) is 3. The maximum Gasteiger partial charge on any atom is 0.231 e. The van der Waals surface area contributed by atoms with Crippen molar-refractivity contribution in [3.05, 3.63) is 93.2 Å². The lowest BCUT2D eigenvalue weighted by Crippen LogP contribution is -1.99. The molecule has 152 valence electrons. The standard InChI is InChI=1S/C24H18Cl2O4/c1-2-28-21-9-4-3-6-15(21)12-23-24(27)17-11-10-16(13-22(17)30-23)29-14-18-19(25)7-5-8-20(18)26/h3-13H,2,14H2,1H3. The maximum absolute atomic E-state index is 12.7. The molecule has 3 aromatic rings. The van der Waals surface area contributed by atoms with Crippen LogP contribution >= 0.6 is 23.2 Å². The van der Waals surface area contributed by atoms with E-state index in [0.717, 1.165) is 5.56 Å². The first-order valence-corrected chi connectivity index (χ1v) is 10.2. The first-order valence-electron chi connectivity index (χ1n) is 9.42. The van der Waals surface area contributed by atoms with Crippen LogP contribution in [0.15, 0.2) is 66.4 Å². The molecule has 1 aliphatic rings. The normalized spacial score (nSPS) is 13.8. The van der Waals surface area contributed by atoms with Gasteiger partial charge in [0.05, 0.1) is 12.2 Å². The van der Waals surface area contributed by atoms with Crippen LogP contribution in [0.4, 0.5) is 0 Å². The molecule has 1 aliphatic heterocycles. The SMILES string of the molecule is CCOc1ccccc1C=C1Oc2cc(OCc3c(Cl)cccc3Cl)ccc2C1=O. The quantitative estimate of drug-likeness (QED) is 0.405. The van der Waals surface area contributed by atoms with Crippen molar-refractivity contribution >= 4 is 35.1 Å². The summed E-state index contributed by atoms with van der Waals surface area (Å²) in [6, 6.07) is 17.9. The summed E-state index contributed by atoms with van der Waals surface area (Å²) in [6.45, 7) is 2.65. The Morgan fingerprint density at radius 3 is 2.50 bits per heavy atom. The van der Waals surface area contributed by atoms with E-state index in [1.165, 1.54) is 0 Å². The topological polar surface area (TPSA) is 44.8 Å². The number of hydrogen-bond acceptors (Lipinski definition) is 4. The van der Waals surface area contributed by atoms with Gasteiger partial charge in [0.2, 0.25) is 5.78 Å². The summed E-state index contributed by atoms with van der Waals surface area (Å²) in [5.41, 5.74) is 1.96. The Morgan fingerprint density at radius 2 is 1.73 bits per heavy atom. The molecule has 4 nitrogen and oxygen atoms in total. The second-order valence-corrected chi connectivity index (χ2v) is 7.37. The molecule has 0 aliphatic carbocycles.